The van der Waals surface area contributed by atoms with E-state index in [1.165, 1.54) is 23.5 Å². The molecule has 0 saturated heterocycles. The lowest BCUT2D eigenvalue weighted by atomic mass is 10.1. The highest BCUT2D eigenvalue weighted by molar-refractivity contribution is 7.89. The zero-order valence-electron chi connectivity index (χ0n) is 12.6. The predicted octanol–water partition coefficient (Wildman–Crippen LogP) is 2.49. The number of halogens is 1. The van der Waals surface area contributed by atoms with Crippen LogP contribution in [0.5, 0.6) is 0 Å². The highest BCUT2D eigenvalue weighted by atomic mass is 32.2. The number of aryl methyl sites for hydroxylation is 2. The minimum absolute atomic E-state index is 0.0559. The van der Waals surface area contributed by atoms with Crippen LogP contribution in [0.15, 0.2) is 17.0 Å². The van der Waals surface area contributed by atoms with Gasteiger partial charge in [-0.05, 0) is 51.0 Å². The summed E-state index contributed by atoms with van der Waals surface area (Å²) in [6, 6.07) is 2.47. The van der Waals surface area contributed by atoms with Crippen LogP contribution in [0.3, 0.4) is 0 Å². The third-order valence-corrected chi connectivity index (χ3v) is 5.11. The molecule has 0 bridgehead atoms. The summed E-state index contributed by atoms with van der Waals surface area (Å²) < 4.78 is 44.9. The predicted molar refractivity (Wildman–Crippen MR) is 76.8 cm³/mol. The molecule has 0 aromatic heterocycles. The third kappa shape index (κ3) is 4.01. The van der Waals surface area contributed by atoms with Crippen LogP contribution in [0.25, 0.3) is 0 Å². The fourth-order valence-electron chi connectivity index (χ4n) is 2.00. The number of nitrogens with zero attached hydrogens (tertiary/aromatic N) is 1. The minimum atomic E-state index is -3.63. The molecule has 1 aromatic rings. The SMILES string of the molecule is Cc1cc(F)cc(C)c1S(=O)(=O)N(C)CCOC(C)C. The number of hydrogen-bond acceptors (Lipinski definition) is 3. The van der Waals surface area contributed by atoms with Crippen molar-refractivity contribution in [3.8, 4) is 0 Å². The Morgan fingerprint density at radius 3 is 2.20 bits per heavy atom. The zero-order chi connectivity index (χ0) is 15.5. The summed E-state index contributed by atoms with van der Waals surface area (Å²) in [4.78, 5) is 0.172. The van der Waals surface area contributed by atoms with Crippen LogP contribution >= 0.6 is 0 Å². The molecular formula is C14H22FNO3S. The molecule has 0 radical (unpaired) electrons. The molecule has 4 nitrogen and oxygen atoms in total. The van der Waals surface area contributed by atoms with E-state index < -0.39 is 15.8 Å². The summed E-state index contributed by atoms with van der Waals surface area (Å²) in [5.41, 5.74) is 0.832. The molecular weight excluding hydrogens is 281 g/mol. The summed E-state index contributed by atoms with van der Waals surface area (Å²) in [7, 11) is -2.13. The Balaban J connectivity index is 2.99. The molecule has 1 aromatic carbocycles. The molecule has 0 spiro atoms. The summed E-state index contributed by atoms with van der Waals surface area (Å²) in [5, 5.41) is 0. The monoisotopic (exact) mass is 303 g/mol. The Morgan fingerprint density at radius 1 is 1.25 bits per heavy atom. The number of benzene rings is 1. The van der Waals surface area contributed by atoms with Gasteiger partial charge in [0.1, 0.15) is 5.82 Å². The topological polar surface area (TPSA) is 46.6 Å². The average molecular weight is 303 g/mol. The highest BCUT2D eigenvalue weighted by Gasteiger charge is 2.25. The van der Waals surface area contributed by atoms with Crippen LogP contribution in [0.2, 0.25) is 0 Å². The van der Waals surface area contributed by atoms with Gasteiger partial charge in [0.2, 0.25) is 10.0 Å². The Morgan fingerprint density at radius 2 is 1.75 bits per heavy atom. The summed E-state index contributed by atoms with van der Waals surface area (Å²) in [6.45, 7) is 7.57. The molecule has 0 aliphatic carbocycles. The Hall–Kier alpha value is -0.980. The molecule has 0 aliphatic rings. The maximum atomic E-state index is 13.3. The van der Waals surface area contributed by atoms with Gasteiger partial charge in [-0.3, -0.25) is 0 Å². The molecule has 20 heavy (non-hydrogen) atoms. The van der Waals surface area contributed by atoms with Crippen LogP contribution in [0, 0.1) is 19.7 Å². The van der Waals surface area contributed by atoms with Gasteiger partial charge in [0.15, 0.2) is 0 Å². The number of ether oxygens (including phenoxy) is 1. The van der Waals surface area contributed by atoms with Gasteiger partial charge in [-0.1, -0.05) is 0 Å². The Bertz CT molecular complexity index is 547. The van der Waals surface area contributed by atoms with Crippen LogP contribution in [0.4, 0.5) is 4.39 Å². The smallest absolute Gasteiger partial charge is 0.243 e. The zero-order valence-corrected chi connectivity index (χ0v) is 13.4. The maximum absolute atomic E-state index is 13.3. The first kappa shape index (κ1) is 17.1. The van der Waals surface area contributed by atoms with Crippen molar-refractivity contribution in [2.45, 2.75) is 38.7 Å². The number of hydrogen-bond donors (Lipinski definition) is 0. The van der Waals surface area contributed by atoms with Gasteiger partial charge in [-0.2, -0.15) is 4.31 Å². The quantitative estimate of drug-likeness (QED) is 0.811. The van der Waals surface area contributed by atoms with Gasteiger partial charge in [0.25, 0.3) is 0 Å². The van der Waals surface area contributed by atoms with E-state index in [4.69, 9.17) is 4.74 Å². The van der Waals surface area contributed by atoms with E-state index in [9.17, 15) is 12.8 Å². The summed E-state index contributed by atoms with van der Waals surface area (Å²) >= 11 is 0. The fourth-order valence-corrected chi connectivity index (χ4v) is 3.56. The average Bonchev–Trinajstić information content (AvgIpc) is 2.26. The van der Waals surface area contributed by atoms with Gasteiger partial charge >= 0.3 is 0 Å². The van der Waals surface area contributed by atoms with Crippen molar-refractivity contribution in [2.75, 3.05) is 20.2 Å². The van der Waals surface area contributed by atoms with Gasteiger partial charge < -0.3 is 4.74 Å². The van der Waals surface area contributed by atoms with Crippen LogP contribution in [0.1, 0.15) is 25.0 Å². The highest BCUT2D eigenvalue weighted by Crippen LogP contribution is 2.24. The molecule has 0 heterocycles. The van der Waals surface area contributed by atoms with Crippen LogP contribution in [-0.2, 0) is 14.8 Å². The van der Waals surface area contributed by atoms with Crippen LogP contribution < -0.4 is 0 Å². The van der Waals surface area contributed by atoms with Crippen molar-refractivity contribution in [1.82, 2.24) is 4.31 Å². The standard InChI is InChI=1S/C14H22FNO3S/c1-10(2)19-7-6-16(5)20(17,18)14-11(3)8-13(15)9-12(14)4/h8-10H,6-7H2,1-5H3. The number of rotatable bonds is 6. The van der Waals surface area contributed by atoms with Crippen molar-refractivity contribution in [3.63, 3.8) is 0 Å². The van der Waals surface area contributed by atoms with E-state index in [0.717, 1.165) is 0 Å². The lowest BCUT2D eigenvalue weighted by Gasteiger charge is -2.20. The second-order valence-corrected chi connectivity index (χ2v) is 7.10. The number of sulfonamides is 1. The van der Waals surface area contributed by atoms with E-state index in [1.807, 2.05) is 13.8 Å². The molecule has 0 unspecified atom stereocenters. The van der Waals surface area contributed by atoms with Gasteiger partial charge in [0.05, 0.1) is 17.6 Å². The first-order chi connectivity index (χ1) is 9.16. The lowest BCUT2D eigenvalue weighted by Crippen LogP contribution is -2.31. The van der Waals surface area contributed by atoms with Gasteiger partial charge in [0, 0.05) is 13.6 Å². The normalized spacial score (nSPS) is 12.4. The van der Waals surface area contributed by atoms with Crippen molar-refractivity contribution >= 4 is 10.0 Å². The summed E-state index contributed by atoms with van der Waals surface area (Å²) in [6.07, 6.45) is 0.0559. The van der Waals surface area contributed by atoms with E-state index >= 15 is 0 Å². The van der Waals surface area contributed by atoms with Crippen molar-refractivity contribution < 1.29 is 17.5 Å². The molecule has 1 rings (SSSR count). The van der Waals surface area contributed by atoms with E-state index in [0.29, 0.717) is 17.7 Å². The second-order valence-electron chi connectivity index (χ2n) is 5.11. The molecule has 0 fully saturated rings. The number of likely N-dealkylation sites (N-methyl/N-ethyl adjacent to an activating group) is 1. The van der Waals surface area contributed by atoms with Crippen molar-refractivity contribution in [3.05, 3.63) is 29.1 Å². The molecule has 0 N–H and O–H groups in total. The van der Waals surface area contributed by atoms with Gasteiger partial charge in [-0.15, -0.1) is 0 Å². The lowest BCUT2D eigenvalue weighted by molar-refractivity contribution is 0.0737. The Labute approximate surface area is 120 Å². The summed E-state index contributed by atoms with van der Waals surface area (Å²) in [5.74, 6) is -0.426. The van der Waals surface area contributed by atoms with Crippen molar-refractivity contribution in [1.29, 1.82) is 0 Å². The third-order valence-electron chi connectivity index (χ3n) is 2.95. The molecule has 0 atom stereocenters. The second kappa shape index (κ2) is 6.65. The first-order valence-corrected chi connectivity index (χ1v) is 7.95. The van der Waals surface area contributed by atoms with E-state index in [-0.39, 0.29) is 17.5 Å². The maximum Gasteiger partial charge on any atom is 0.243 e. The van der Waals surface area contributed by atoms with Gasteiger partial charge in [-0.25, -0.2) is 12.8 Å². The Kier molecular flexibility index (Phi) is 5.68. The molecule has 114 valence electrons. The van der Waals surface area contributed by atoms with Crippen LogP contribution in [-0.4, -0.2) is 39.0 Å². The molecule has 0 amide bonds. The largest absolute Gasteiger partial charge is 0.377 e. The molecule has 0 saturated carbocycles. The molecule has 6 heteroatoms. The minimum Gasteiger partial charge on any atom is -0.377 e. The molecule has 0 aliphatic heterocycles. The van der Waals surface area contributed by atoms with E-state index in [2.05, 4.69) is 0 Å². The van der Waals surface area contributed by atoms with E-state index in [1.54, 1.807) is 13.8 Å². The fraction of sp³-hybridized carbons (Fsp3) is 0.571. The van der Waals surface area contributed by atoms with Crippen molar-refractivity contribution in [2.24, 2.45) is 0 Å². The first-order valence-electron chi connectivity index (χ1n) is 6.51.